The highest BCUT2D eigenvalue weighted by molar-refractivity contribution is 7.92. The number of nitrogens with zero attached hydrogens (tertiary/aromatic N) is 2. The molecule has 0 fully saturated rings. The SMILES string of the molecule is Cc1ccc2c3ccc(C)cc3n(-c3ccc4c(c3)-c3cc(N5c6ccccc6Oc6ccccc65)ccc3S4(=O)=O)c2c1. The number of anilines is 3. The second-order valence-corrected chi connectivity index (χ2v) is 13.5. The first-order valence-electron chi connectivity index (χ1n) is 14.6. The van der Waals surface area contributed by atoms with Crippen molar-refractivity contribution in [2.24, 2.45) is 0 Å². The summed E-state index contributed by atoms with van der Waals surface area (Å²) in [4.78, 5) is 2.81. The molecule has 0 spiro atoms. The molecule has 0 amide bonds. The summed E-state index contributed by atoms with van der Waals surface area (Å²) in [6, 6.07) is 40.2. The maximum Gasteiger partial charge on any atom is 0.207 e. The van der Waals surface area contributed by atoms with Gasteiger partial charge >= 0.3 is 0 Å². The molecule has 5 nitrogen and oxygen atoms in total. The first kappa shape index (κ1) is 25.2. The van der Waals surface area contributed by atoms with Gasteiger partial charge in [-0.15, -0.1) is 0 Å². The van der Waals surface area contributed by atoms with Crippen LogP contribution in [0.15, 0.2) is 131 Å². The van der Waals surface area contributed by atoms with Gasteiger partial charge in [0, 0.05) is 33.3 Å². The fraction of sp³-hybridized carbons (Fsp3) is 0.0526. The molecule has 7 aromatic rings. The Labute approximate surface area is 255 Å². The Kier molecular flexibility index (Phi) is 5.07. The molecule has 2 aliphatic rings. The summed E-state index contributed by atoms with van der Waals surface area (Å²) in [6.07, 6.45) is 0. The van der Waals surface area contributed by atoms with Crippen molar-refractivity contribution in [3.05, 3.63) is 132 Å². The van der Waals surface area contributed by atoms with Gasteiger partial charge in [0.25, 0.3) is 0 Å². The molecule has 0 atom stereocenters. The highest BCUT2D eigenvalue weighted by atomic mass is 32.2. The van der Waals surface area contributed by atoms with E-state index in [2.05, 4.69) is 59.7 Å². The molecule has 6 aromatic carbocycles. The molecule has 1 aromatic heterocycles. The van der Waals surface area contributed by atoms with Crippen LogP contribution in [0.2, 0.25) is 0 Å². The summed E-state index contributed by atoms with van der Waals surface area (Å²) in [5.74, 6) is 1.50. The van der Waals surface area contributed by atoms with Crippen LogP contribution in [0.3, 0.4) is 0 Å². The number of hydrogen-bond donors (Lipinski definition) is 0. The first-order valence-corrected chi connectivity index (χ1v) is 16.1. The van der Waals surface area contributed by atoms with Crippen LogP contribution in [0, 0.1) is 13.8 Å². The molecular weight excluding hydrogens is 564 g/mol. The maximum atomic E-state index is 13.8. The third-order valence-corrected chi connectivity index (χ3v) is 10.7. The van der Waals surface area contributed by atoms with Gasteiger partial charge in [0.1, 0.15) is 0 Å². The Morgan fingerprint density at radius 3 is 1.61 bits per heavy atom. The molecule has 0 N–H and O–H groups in total. The van der Waals surface area contributed by atoms with Crippen molar-refractivity contribution in [3.8, 4) is 28.3 Å². The minimum absolute atomic E-state index is 0.331. The summed E-state index contributed by atoms with van der Waals surface area (Å²) in [5.41, 5.74) is 9.54. The fourth-order valence-electron chi connectivity index (χ4n) is 6.82. The number of ether oxygens (including phenoxy) is 1. The van der Waals surface area contributed by atoms with Crippen molar-refractivity contribution in [2.75, 3.05) is 4.90 Å². The summed E-state index contributed by atoms with van der Waals surface area (Å²) in [6.45, 7) is 4.20. The lowest BCUT2D eigenvalue weighted by Gasteiger charge is -2.33. The lowest BCUT2D eigenvalue weighted by Crippen LogP contribution is -2.15. The van der Waals surface area contributed by atoms with Gasteiger partial charge < -0.3 is 14.2 Å². The largest absolute Gasteiger partial charge is 0.453 e. The van der Waals surface area contributed by atoms with Crippen molar-refractivity contribution < 1.29 is 13.2 Å². The zero-order chi connectivity index (χ0) is 29.7. The number of aryl methyl sites for hydroxylation is 2. The van der Waals surface area contributed by atoms with E-state index in [0.29, 0.717) is 20.9 Å². The Bertz CT molecular complexity index is 2370. The van der Waals surface area contributed by atoms with Crippen molar-refractivity contribution in [1.82, 2.24) is 4.57 Å². The average molecular weight is 591 g/mol. The predicted octanol–water partition coefficient (Wildman–Crippen LogP) is 9.79. The Morgan fingerprint density at radius 2 is 1.05 bits per heavy atom. The molecule has 0 bridgehead atoms. The third kappa shape index (κ3) is 3.43. The smallest absolute Gasteiger partial charge is 0.207 e. The Morgan fingerprint density at radius 1 is 0.545 bits per heavy atom. The molecule has 6 heteroatoms. The topological polar surface area (TPSA) is 51.5 Å². The van der Waals surface area contributed by atoms with E-state index in [1.165, 1.54) is 21.9 Å². The number of hydrogen-bond acceptors (Lipinski definition) is 4. The van der Waals surface area contributed by atoms with Crippen molar-refractivity contribution in [2.45, 2.75) is 23.6 Å². The van der Waals surface area contributed by atoms with Gasteiger partial charge in [-0.2, -0.15) is 0 Å². The van der Waals surface area contributed by atoms with Gasteiger partial charge in [0.2, 0.25) is 9.84 Å². The summed E-state index contributed by atoms with van der Waals surface area (Å²) < 4.78 is 36.1. The molecule has 44 heavy (non-hydrogen) atoms. The quantitative estimate of drug-likeness (QED) is 0.201. The van der Waals surface area contributed by atoms with Crippen molar-refractivity contribution in [3.63, 3.8) is 0 Å². The van der Waals surface area contributed by atoms with Crippen LogP contribution >= 0.6 is 0 Å². The number of sulfone groups is 1. The second kappa shape index (κ2) is 8.85. The van der Waals surface area contributed by atoms with Crippen LogP contribution in [0.25, 0.3) is 38.6 Å². The van der Waals surface area contributed by atoms with Crippen molar-refractivity contribution >= 4 is 48.7 Å². The van der Waals surface area contributed by atoms with Crippen LogP contribution in [-0.2, 0) is 9.84 Å². The highest BCUT2D eigenvalue weighted by Crippen LogP contribution is 2.52. The van der Waals surface area contributed by atoms with Crippen LogP contribution in [-0.4, -0.2) is 13.0 Å². The monoisotopic (exact) mass is 590 g/mol. The number of benzene rings is 6. The normalized spacial score (nSPS) is 14.2. The van der Waals surface area contributed by atoms with E-state index in [1.807, 2.05) is 72.8 Å². The molecule has 0 saturated heterocycles. The molecule has 9 rings (SSSR count). The van der Waals surface area contributed by atoms with E-state index in [-0.39, 0.29) is 0 Å². The number of para-hydroxylation sites is 4. The van der Waals surface area contributed by atoms with Gasteiger partial charge in [0.05, 0.1) is 32.2 Å². The molecule has 212 valence electrons. The Hall–Kier alpha value is -5.33. The standard InChI is InChI=1S/C38H26N2O3S/c1-23-11-15-27-28-16-12-24(2)20-34(28)40(33(27)19-23)26-14-18-38-30(22-26)29-21-25(13-17-37(29)44(38,41)42)39-31-7-3-5-9-35(31)43-36-10-6-4-8-32(36)39/h3-22H,1-2H3. The Balaban J connectivity index is 1.28. The minimum atomic E-state index is -3.67. The van der Waals surface area contributed by atoms with E-state index in [0.717, 1.165) is 45.3 Å². The van der Waals surface area contributed by atoms with Gasteiger partial charge in [-0.25, -0.2) is 8.42 Å². The third-order valence-electron chi connectivity index (χ3n) is 8.82. The zero-order valence-corrected chi connectivity index (χ0v) is 24.9. The predicted molar refractivity (Wildman–Crippen MR) is 176 cm³/mol. The number of rotatable bonds is 2. The zero-order valence-electron chi connectivity index (χ0n) is 24.1. The molecule has 0 unspecified atom stereocenters. The molecule has 0 radical (unpaired) electrons. The van der Waals surface area contributed by atoms with Crippen LogP contribution < -0.4 is 9.64 Å². The van der Waals surface area contributed by atoms with Crippen LogP contribution in [0.4, 0.5) is 17.1 Å². The van der Waals surface area contributed by atoms with E-state index in [4.69, 9.17) is 4.74 Å². The summed E-state index contributed by atoms with van der Waals surface area (Å²) in [5, 5.41) is 2.34. The average Bonchev–Trinajstić information content (AvgIpc) is 3.46. The lowest BCUT2D eigenvalue weighted by atomic mass is 10.0. The van der Waals surface area contributed by atoms with Crippen LogP contribution in [0.1, 0.15) is 11.1 Å². The fourth-order valence-corrected chi connectivity index (χ4v) is 8.47. The van der Waals surface area contributed by atoms with Crippen molar-refractivity contribution in [1.29, 1.82) is 0 Å². The highest BCUT2D eigenvalue weighted by Gasteiger charge is 2.35. The maximum absolute atomic E-state index is 13.8. The van der Waals surface area contributed by atoms with E-state index < -0.39 is 9.84 Å². The summed E-state index contributed by atoms with van der Waals surface area (Å²) >= 11 is 0. The van der Waals surface area contributed by atoms with Gasteiger partial charge in [-0.3, -0.25) is 0 Å². The number of fused-ring (bicyclic) bond motifs is 8. The second-order valence-electron chi connectivity index (χ2n) is 11.6. The molecular formula is C38H26N2O3S. The minimum Gasteiger partial charge on any atom is -0.453 e. The van der Waals surface area contributed by atoms with E-state index >= 15 is 0 Å². The van der Waals surface area contributed by atoms with Gasteiger partial charge in [-0.05, 0) is 97.8 Å². The van der Waals surface area contributed by atoms with Crippen LogP contribution in [0.5, 0.6) is 11.5 Å². The molecule has 0 aliphatic carbocycles. The molecule has 2 aliphatic heterocycles. The van der Waals surface area contributed by atoms with E-state index in [9.17, 15) is 8.42 Å². The lowest BCUT2D eigenvalue weighted by molar-refractivity contribution is 0.477. The first-order chi connectivity index (χ1) is 21.4. The van der Waals surface area contributed by atoms with Gasteiger partial charge in [0.15, 0.2) is 11.5 Å². The summed E-state index contributed by atoms with van der Waals surface area (Å²) in [7, 11) is -3.67. The number of aromatic nitrogens is 1. The molecule has 3 heterocycles. The van der Waals surface area contributed by atoms with Gasteiger partial charge in [-0.1, -0.05) is 48.5 Å². The van der Waals surface area contributed by atoms with E-state index in [1.54, 1.807) is 12.1 Å². The molecule has 0 saturated carbocycles.